The Labute approximate surface area is 192 Å². The monoisotopic (exact) mass is 446 g/mol. The van der Waals surface area contributed by atoms with E-state index in [0.29, 0.717) is 28.4 Å². The van der Waals surface area contributed by atoms with Crippen LogP contribution in [0.2, 0.25) is 0 Å². The van der Waals surface area contributed by atoms with Crippen LogP contribution in [-0.2, 0) is 4.79 Å². The van der Waals surface area contributed by atoms with Crippen molar-refractivity contribution in [3.63, 3.8) is 0 Å². The van der Waals surface area contributed by atoms with E-state index < -0.39 is 6.03 Å². The van der Waals surface area contributed by atoms with E-state index in [-0.39, 0.29) is 12.5 Å². The summed E-state index contributed by atoms with van der Waals surface area (Å²) in [5.74, 6) is 0.570. The second kappa shape index (κ2) is 11.3. The summed E-state index contributed by atoms with van der Waals surface area (Å²) in [4.78, 5) is 24.2. The molecule has 0 aromatic heterocycles. The molecule has 3 N–H and O–H groups in total. The lowest BCUT2D eigenvalue weighted by atomic mass is 10.2. The molecule has 170 valence electrons. The molecule has 0 bridgehead atoms. The van der Waals surface area contributed by atoms with E-state index in [9.17, 15) is 9.59 Å². The molecule has 33 heavy (non-hydrogen) atoms. The molecule has 3 amide bonds. The average molecular weight is 447 g/mol. The Kier molecular flexibility index (Phi) is 8.02. The summed E-state index contributed by atoms with van der Waals surface area (Å²) in [6.07, 6.45) is 1.48. The van der Waals surface area contributed by atoms with Crippen LogP contribution >= 0.6 is 0 Å². The van der Waals surface area contributed by atoms with Crippen molar-refractivity contribution in [1.82, 2.24) is 5.43 Å². The predicted molar refractivity (Wildman–Crippen MR) is 129 cm³/mol. The Balaban J connectivity index is 1.53. The minimum absolute atomic E-state index is 0.168. The Morgan fingerprint density at radius 1 is 0.939 bits per heavy atom. The van der Waals surface area contributed by atoms with Gasteiger partial charge in [-0.2, -0.15) is 5.10 Å². The molecule has 8 heteroatoms. The average Bonchev–Trinajstić information content (AvgIpc) is 2.81. The van der Waals surface area contributed by atoms with E-state index in [1.807, 2.05) is 62.4 Å². The number of benzene rings is 3. The van der Waals surface area contributed by atoms with Crippen molar-refractivity contribution in [1.29, 1.82) is 0 Å². The molecule has 0 radical (unpaired) electrons. The van der Waals surface area contributed by atoms with Crippen LogP contribution in [0.1, 0.15) is 16.7 Å². The van der Waals surface area contributed by atoms with E-state index >= 15 is 0 Å². The maximum atomic E-state index is 12.2. The number of hydrogen-bond donors (Lipinski definition) is 3. The predicted octanol–water partition coefficient (Wildman–Crippen LogP) is 4.49. The van der Waals surface area contributed by atoms with Gasteiger partial charge in [0.15, 0.2) is 18.1 Å². The third-order valence-corrected chi connectivity index (χ3v) is 4.65. The van der Waals surface area contributed by atoms with Gasteiger partial charge in [-0.15, -0.1) is 0 Å². The summed E-state index contributed by atoms with van der Waals surface area (Å²) < 4.78 is 11.0. The topological polar surface area (TPSA) is 101 Å². The third kappa shape index (κ3) is 7.10. The van der Waals surface area contributed by atoms with E-state index in [4.69, 9.17) is 9.47 Å². The summed E-state index contributed by atoms with van der Waals surface area (Å²) in [7, 11) is 1.50. The van der Waals surface area contributed by atoms with Gasteiger partial charge >= 0.3 is 6.03 Å². The van der Waals surface area contributed by atoms with Gasteiger partial charge in [0.1, 0.15) is 0 Å². The number of ether oxygens (including phenoxy) is 2. The molecule has 0 fully saturated rings. The zero-order valence-corrected chi connectivity index (χ0v) is 18.7. The van der Waals surface area contributed by atoms with Gasteiger partial charge in [-0.3, -0.25) is 4.79 Å². The number of nitrogens with zero attached hydrogens (tertiary/aromatic N) is 1. The fraction of sp³-hybridized carbons (Fsp3) is 0.160. The number of para-hydroxylation sites is 1. The number of hydrazone groups is 1. The lowest BCUT2D eigenvalue weighted by Crippen LogP contribution is -2.24. The molecular weight excluding hydrogens is 420 g/mol. The van der Waals surface area contributed by atoms with E-state index in [1.165, 1.54) is 13.3 Å². The molecule has 0 saturated heterocycles. The van der Waals surface area contributed by atoms with Crippen molar-refractivity contribution in [2.45, 2.75) is 13.8 Å². The number of hydrogen-bond acceptors (Lipinski definition) is 5. The Hall–Kier alpha value is -4.33. The SMILES string of the molecule is COc1cc(C=NNC(=O)Nc2ccccc2C)ccc1OCC(=O)Nc1ccc(C)cc1. The van der Waals surface area contributed by atoms with Crippen LogP contribution in [0.4, 0.5) is 16.2 Å². The zero-order valence-electron chi connectivity index (χ0n) is 18.7. The van der Waals surface area contributed by atoms with Gasteiger partial charge in [-0.05, 0) is 61.4 Å². The maximum absolute atomic E-state index is 12.2. The van der Waals surface area contributed by atoms with Crippen molar-refractivity contribution in [2.24, 2.45) is 5.10 Å². The summed E-state index contributed by atoms with van der Waals surface area (Å²) in [5, 5.41) is 9.46. The standard InChI is InChI=1S/C25H26N4O4/c1-17-8-11-20(12-9-17)27-24(30)16-33-22-13-10-19(14-23(22)32-3)15-26-29-25(31)28-21-7-5-4-6-18(21)2/h4-15H,16H2,1-3H3,(H,27,30)(H2,28,29,31). The molecule has 0 spiro atoms. The lowest BCUT2D eigenvalue weighted by molar-refractivity contribution is -0.118. The molecule has 0 aliphatic carbocycles. The van der Waals surface area contributed by atoms with Gasteiger partial charge in [0, 0.05) is 11.4 Å². The number of amides is 3. The van der Waals surface area contributed by atoms with Crippen LogP contribution in [0.25, 0.3) is 0 Å². The number of nitrogens with one attached hydrogen (secondary N) is 3. The summed E-state index contributed by atoms with van der Waals surface area (Å²) in [6, 6.07) is 19.6. The fourth-order valence-corrected chi connectivity index (χ4v) is 2.89. The van der Waals surface area contributed by atoms with Crippen molar-refractivity contribution in [2.75, 3.05) is 24.4 Å². The van der Waals surface area contributed by atoms with Crippen LogP contribution in [0.3, 0.4) is 0 Å². The van der Waals surface area contributed by atoms with Gasteiger partial charge in [0.05, 0.1) is 13.3 Å². The molecular formula is C25H26N4O4. The molecule has 0 saturated carbocycles. The number of urea groups is 1. The molecule has 3 rings (SSSR count). The highest BCUT2D eigenvalue weighted by Crippen LogP contribution is 2.27. The largest absolute Gasteiger partial charge is 0.493 e. The zero-order chi connectivity index (χ0) is 23.6. The summed E-state index contributed by atoms with van der Waals surface area (Å²) in [6.45, 7) is 3.71. The van der Waals surface area contributed by atoms with Crippen molar-refractivity contribution in [3.8, 4) is 11.5 Å². The van der Waals surface area contributed by atoms with Crippen molar-refractivity contribution in [3.05, 3.63) is 83.4 Å². The number of methoxy groups -OCH3 is 1. The minimum Gasteiger partial charge on any atom is -0.493 e. The highest BCUT2D eigenvalue weighted by molar-refractivity contribution is 5.92. The molecule has 0 unspecified atom stereocenters. The molecule has 0 aliphatic heterocycles. The van der Waals surface area contributed by atoms with Gasteiger partial charge in [0.25, 0.3) is 5.91 Å². The molecule has 8 nitrogen and oxygen atoms in total. The van der Waals surface area contributed by atoms with E-state index in [2.05, 4.69) is 21.2 Å². The van der Waals surface area contributed by atoms with Crippen molar-refractivity contribution >= 4 is 29.5 Å². The second-order valence-corrected chi connectivity index (χ2v) is 7.25. The van der Waals surface area contributed by atoms with Gasteiger partial charge < -0.3 is 20.1 Å². The van der Waals surface area contributed by atoms with Gasteiger partial charge in [0.2, 0.25) is 0 Å². The molecule has 0 heterocycles. The van der Waals surface area contributed by atoms with Gasteiger partial charge in [-0.25, -0.2) is 10.2 Å². The number of anilines is 2. The Bertz CT molecular complexity index is 1140. The summed E-state index contributed by atoms with van der Waals surface area (Å²) >= 11 is 0. The van der Waals surface area contributed by atoms with Crippen LogP contribution in [-0.4, -0.2) is 31.9 Å². The molecule has 0 atom stereocenters. The van der Waals surface area contributed by atoms with Gasteiger partial charge in [-0.1, -0.05) is 35.9 Å². The fourth-order valence-electron chi connectivity index (χ4n) is 2.89. The summed E-state index contributed by atoms with van der Waals surface area (Å²) in [5.41, 5.74) is 6.57. The van der Waals surface area contributed by atoms with Crippen LogP contribution in [0, 0.1) is 13.8 Å². The number of rotatable bonds is 8. The first-order valence-corrected chi connectivity index (χ1v) is 10.3. The van der Waals surface area contributed by atoms with Crippen LogP contribution < -0.4 is 25.5 Å². The number of aryl methyl sites for hydroxylation is 2. The normalized spacial score (nSPS) is 10.5. The van der Waals surface area contributed by atoms with Crippen LogP contribution in [0.15, 0.2) is 71.8 Å². The lowest BCUT2D eigenvalue weighted by Gasteiger charge is -2.11. The van der Waals surface area contributed by atoms with Crippen LogP contribution in [0.5, 0.6) is 11.5 Å². The minimum atomic E-state index is -0.452. The highest BCUT2D eigenvalue weighted by atomic mass is 16.5. The Morgan fingerprint density at radius 3 is 2.42 bits per heavy atom. The van der Waals surface area contributed by atoms with E-state index in [0.717, 1.165) is 11.1 Å². The first-order valence-electron chi connectivity index (χ1n) is 10.3. The first-order chi connectivity index (χ1) is 15.9. The molecule has 0 aliphatic rings. The quantitative estimate of drug-likeness (QED) is 0.351. The molecule has 3 aromatic rings. The van der Waals surface area contributed by atoms with Crippen molar-refractivity contribution < 1.29 is 19.1 Å². The van der Waals surface area contributed by atoms with E-state index in [1.54, 1.807) is 18.2 Å². The maximum Gasteiger partial charge on any atom is 0.339 e. The first kappa shape index (κ1) is 23.3. The highest BCUT2D eigenvalue weighted by Gasteiger charge is 2.09. The number of carbonyl (C=O) groups is 2. The smallest absolute Gasteiger partial charge is 0.339 e. The number of carbonyl (C=O) groups excluding carboxylic acids is 2. The second-order valence-electron chi connectivity index (χ2n) is 7.25. The molecule has 3 aromatic carbocycles. The third-order valence-electron chi connectivity index (χ3n) is 4.65. The Morgan fingerprint density at radius 2 is 1.70 bits per heavy atom.